The van der Waals surface area contributed by atoms with Crippen molar-refractivity contribution in [2.75, 3.05) is 18.1 Å². The average Bonchev–Trinajstić information content (AvgIpc) is 2.56. The molecule has 0 amide bonds. The summed E-state index contributed by atoms with van der Waals surface area (Å²) in [7, 11) is -8.45. The van der Waals surface area contributed by atoms with Gasteiger partial charge in [0.1, 0.15) is 0 Å². The fraction of sp³-hybridized carbons (Fsp3) is 0.250. The minimum Gasteiger partial charge on any atom is -0.399 e. The molecule has 0 heterocycles. The van der Waals surface area contributed by atoms with Gasteiger partial charge in [0.2, 0.25) is 0 Å². The molecular weight excluding hydrogens is 394 g/mol. The van der Waals surface area contributed by atoms with Crippen LogP contribution in [0.3, 0.4) is 0 Å². The highest BCUT2D eigenvalue weighted by Gasteiger charge is 2.16. The normalized spacial score (nSPS) is 12.6. The lowest BCUT2D eigenvalue weighted by molar-refractivity contribution is 0.284. The Morgan fingerprint density at radius 3 is 2.22 bits per heavy atom. The van der Waals surface area contributed by atoms with Crippen LogP contribution in [0, 0.1) is 13.8 Å². The molecule has 0 saturated carbocycles. The zero-order valence-electron chi connectivity index (χ0n) is 14.7. The van der Waals surface area contributed by atoms with Crippen LogP contribution in [0.1, 0.15) is 11.1 Å². The maximum atomic E-state index is 12.1. The second-order valence-electron chi connectivity index (χ2n) is 5.76. The molecule has 2 aromatic carbocycles. The van der Waals surface area contributed by atoms with E-state index in [9.17, 15) is 16.8 Å². The van der Waals surface area contributed by atoms with E-state index < -0.39 is 32.6 Å². The summed E-state index contributed by atoms with van der Waals surface area (Å²) >= 11 is 0. The molecule has 11 heteroatoms. The van der Waals surface area contributed by atoms with E-state index in [0.717, 1.165) is 11.1 Å². The largest absolute Gasteiger partial charge is 0.399 e. The first-order chi connectivity index (χ1) is 12.5. The summed E-state index contributed by atoms with van der Waals surface area (Å²) in [6.07, 6.45) is 0. The van der Waals surface area contributed by atoms with Crippen molar-refractivity contribution >= 4 is 37.3 Å². The Balaban J connectivity index is 2.12. The zero-order valence-corrected chi connectivity index (χ0v) is 16.3. The molecule has 27 heavy (non-hydrogen) atoms. The van der Waals surface area contributed by atoms with Gasteiger partial charge in [-0.25, -0.2) is 12.6 Å². The van der Waals surface area contributed by atoms with Gasteiger partial charge >= 0.3 is 10.4 Å². The maximum absolute atomic E-state index is 12.1. The molecule has 0 fully saturated rings. The number of hydrogen-bond donors (Lipinski definition) is 2. The van der Waals surface area contributed by atoms with Crippen LogP contribution in [-0.4, -0.2) is 33.7 Å². The molecule has 0 aromatic heterocycles. The number of hydrogen-bond acceptors (Lipinski definition) is 8. The van der Waals surface area contributed by atoms with Crippen molar-refractivity contribution in [1.29, 1.82) is 0 Å². The van der Waals surface area contributed by atoms with Crippen LogP contribution in [0.5, 0.6) is 0 Å². The molecule has 0 aliphatic carbocycles. The smallest absolute Gasteiger partial charge is 0.397 e. The Hall–Kier alpha value is -2.34. The van der Waals surface area contributed by atoms with Crippen molar-refractivity contribution in [2.45, 2.75) is 18.7 Å². The fourth-order valence-corrected chi connectivity index (χ4v) is 3.62. The van der Waals surface area contributed by atoms with Crippen molar-refractivity contribution in [3.63, 3.8) is 0 Å². The van der Waals surface area contributed by atoms with Gasteiger partial charge in [0.05, 0.1) is 28.6 Å². The topological polar surface area (TPSA) is 148 Å². The molecule has 9 nitrogen and oxygen atoms in total. The number of benzene rings is 2. The minimum absolute atomic E-state index is 0.0279. The van der Waals surface area contributed by atoms with E-state index in [4.69, 9.17) is 10.3 Å². The molecular formula is C16H19N3O6S2. The first kappa shape index (κ1) is 21.0. The van der Waals surface area contributed by atoms with E-state index in [1.165, 1.54) is 24.3 Å². The number of nitrogen functional groups attached to an aromatic ring is 1. The minimum atomic E-state index is -4.68. The molecule has 0 spiro atoms. The van der Waals surface area contributed by atoms with E-state index in [1.807, 2.05) is 19.9 Å². The Kier molecular flexibility index (Phi) is 6.31. The maximum Gasteiger partial charge on any atom is 0.397 e. The fourth-order valence-electron chi connectivity index (χ4n) is 2.13. The molecule has 2 rings (SSSR count). The molecule has 0 saturated heterocycles. The second kappa shape index (κ2) is 8.13. The van der Waals surface area contributed by atoms with Gasteiger partial charge < -0.3 is 5.73 Å². The number of nitrogens with zero attached hydrogens (tertiary/aromatic N) is 2. The van der Waals surface area contributed by atoms with Gasteiger partial charge in [0.25, 0.3) is 0 Å². The first-order valence-corrected chi connectivity index (χ1v) is 10.7. The molecule has 0 radical (unpaired) electrons. The molecule has 0 unspecified atom stereocenters. The molecule has 3 N–H and O–H groups in total. The van der Waals surface area contributed by atoms with Crippen LogP contribution >= 0.6 is 0 Å². The van der Waals surface area contributed by atoms with Gasteiger partial charge in [0.15, 0.2) is 9.84 Å². The number of sulfone groups is 1. The van der Waals surface area contributed by atoms with Crippen LogP contribution < -0.4 is 5.73 Å². The standard InChI is InChI=1S/C16H19N3O6S2/c1-11-10-16(12(2)9-15(11)17)19-18-13-3-5-14(6-4-13)26(20,21)8-7-25-27(22,23)24/h3-6,9-10H,7-8,17H2,1-2H3,(H,22,23,24). The van der Waals surface area contributed by atoms with Crippen LogP contribution in [0.15, 0.2) is 51.5 Å². The summed E-state index contributed by atoms with van der Waals surface area (Å²) in [5, 5.41) is 8.23. The Labute approximate surface area is 157 Å². The number of aryl methyl sites for hydroxylation is 2. The van der Waals surface area contributed by atoms with E-state index in [-0.39, 0.29) is 4.90 Å². The average molecular weight is 413 g/mol. The second-order valence-corrected chi connectivity index (χ2v) is 8.96. The highest BCUT2D eigenvalue weighted by atomic mass is 32.3. The highest BCUT2D eigenvalue weighted by molar-refractivity contribution is 7.91. The van der Waals surface area contributed by atoms with Crippen molar-refractivity contribution in [3.05, 3.63) is 47.5 Å². The number of nitrogens with two attached hydrogens (primary N) is 1. The highest BCUT2D eigenvalue weighted by Crippen LogP contribution is 2.27. The van der Waals surface area contributed by atoms with Gasteiger partial charge in [-0.1, -0.05) is 0 Å². The summed E-state index contributed by atoms with van der Waals surface area (Å²) in [6, 6.07) is 9.21. The van der Waals surface area contributed by atoms with Crippen molar-refractivity contribution < 1.29 is 25.6 Å². The number of rotatable bonds is 7. The van der Waals surface area contributed by atoms with Gasteiger partial charge in [-0.05, 0) is 61.4 Å². The summed E-state index contributed by atoms with van der Waals surface area (Å²) < 4.78 is 57.6. The van der Waals surface area contributed by atoms with Gasteiger partial charge in [-0.15, -0.1) is 0 Å². The third kappa shape index (κ3) is 6.10. The van der Waals surface area contributed by atoms with E-state index in [1.54, 1.807) is 6.07 Å². The van der Waals surface area contributed by atoms with Crippen molar-refractivity contribution in [1.82, 2.24) is 0 Å². The molecule has 0 atom stereocenters. The summed E-state index contributed by atoms with van der Waals surface area (Å²) in [5.74, 6) is -0.600. The van der Waals surface area contributed by atoms with E-state index in [2.05, 4.69) is 14.4 Å². The zero-order chi connectivity index (χ0) is 20.2. The summed E-state index contributed by atoms with van der Waals surface area (Å²) in [4.78, 5) is -0.0279. The third-order valence-electron chi connectivity index (χ3n) is 3.64. The predicted molar refractivity (Wildman–Crippen MR) is 100 cm³/mol. The molecule has 0 aliphatic heterocycles. The van der Waals surface area contributed by atoms with E-state index >= 15 is 0 Å². The SMILES string of the molecule is Cc1cc(N=Nc2ccc(S(=O)(=O)CCOS(=O)(=O)O)cc2)c(C)cc1N. The monoisotopic (exact) mass is 413 g/mol. The number of azo groups is 1. The predicted octanol–water partition coefficient (Wildman–Crippen LogP) is 2.89. The molecule has 2 aromatic rings. The summed E-state index contributed by atoms with van der Waals surface area (Å²) in [6.45, 7) is 3.03. The lowest BCUT2D eigenvalue weighted by atomic mass is 10.1. The van der Waals surface area contributed by atoms with Crippen LogP contribution in [0.4, 0.5) is 17.1 Å². The van der Waals surface area contributed by atoms with Gasteiger partial charge in [-0.3, -0.25) is 4.55 Å². The Morgan fingerprint density at radius 2 is 1.63 bits per heavy atom. The van der Waals surface area contributed by atoms with Gasteiger partial charge in [-0.2, -0.15) is 18.6 Å². The van der Waals surface area contributed by atoms with E-state index in [0.29, 0.717) is 17.1 Å². The quantitative estimate of drug-likeness (QED) is 0.402. The molecule has 146 valence electrons. The van der Waals surface area contributed by atoms with Crippen LogP contribution in [-0.2, 0) is 24.4 Å². The lowest BCUT2D eigenvalue weighted by Gasteiger charge is -2.05. The van der Waals surface area contributed by atoms with Crippen molar-refractivity contribution in [3.8, 4) is 0 Å². The van der Waals surface area contributed by atoms with Crippen molar-refractivity contribution in [2.24, 2.45) is 10.2 Å². The summed E-state index contributed by atoms with van der Waals surface area (Å²) in [5.41, 5.74) is 9.33. The first-order valence-electron chi connectivity index (χ1n) is 7.71. The Morgan fingerprint density at radius 1 is 1.00 bits per heavy atom. The van der Waals surface area contributed by atoms with Crippen LogP contribution in [0.2, 0.25) is 0 Å². The molecule has 0 bridgehead atoms. The van der Waals surface area contributed by atoms with Gasteiger partial charge in [0, 0.05) is 5.69 Å². The Bertz CT molecular complexity index is 1060. The third-order valence-corrected chi connectivity index (χ3v) is 5.80. The molecule has 0 aliphatic rings. The lowest BCUT2D eigenvalue weighted by Crippen LogP contribution is -2.15. The van der Waals surface area contributed by atoms with Crippen LogP contribution in [0.25, 0.3) is 0 Å². The number of anilines is 1.